The molecule has 118 valence electrons. The van der Waals surface area contributed by atoms with Gasteiger partial charge in [0.05, 0.1) is 11.2 Å². The lowest BCUT2D eigenvalue weighted by molar-refractivity contribution is 0.468. The average molecular weight is 322 g/mol. The van der Waals surface area contributed by atoms with Gasteiger partial charge in [0.2, 0.25) is 0 Å². The van der Waals surface area contributed by atoms with Gasteiger partial charge in [0.15, 0.2) is 0 Å². The van der Waals surface area contributed by atoms with E-state index in [1.165, 1.54) is 46.9 Å². The van der Waals surface area contributed by atoms with Gasteiger partial charge in [-0.15, -0.1) is 0 Å². The molecule has 0 saturated heterocycles. The summed E-state index contributed by atoms with van der Waals surface area (Å²) in [7, 11) is 0. The lowest BCUT2D eigenvalue weighted by atomic mass is 9.67. The van der Waals surface area contributed by atoms with Crippen molar-refractivity contribution in [3.63, 3.8) is 0 Å². The highest BCUT2D eigenvalue weighted by Gasteiger charge is 2.35. The van der Waals surface area contributed by atoms with Crippen LogP contribution in [0.25, 0.3) is 10.9 Å². The highest BCUT2D eigenvalue weighted by molar-refractivity contribution is 7.99. The molecule has 1 aliphatic carbocycles. The molecule has 2 N–H and O–H groups in total. The second-order valence-corrected chi connectivity index (χ2v) is 7.19. The highest BCUT2D eigenvalue weighted by Crippen LogP contribution is 2.45. The van der Waals surface area contributed by atoms with E-state index in [0.29, 0.717) is 0 Å². The zero-order chi connectivity index (χ0) is 15.9. The molecule has 1 atom stereocenters. The summed E-state index contributed by atoms with van der Waals surface area (Å²) >= 11 is 1.63. The van der Waals surface area contributed by atoms with Crippen LogP contribution in [0.4, 0.5) is 5.69 Å². The van der Waals surface area contributed by atoms with Crippen LogP contribution in [0.1, 0.15) is 36.5 Å². The van der Waals surface area contributed by atoms with Crippen molar-refractivity contribution in [2.75, 3.05) is 11.0 Å². The molecule has 0 aliphatic heterocycles. The zero-order valence-corrected chi connectivity index (χ0v) is 14.5. The fraction of sp³-hybridized carbons (Fsp3) is 0.300. The summed E-state index contributed by atoms with van der Waals surface area (Å²) < 4.78 is 3.38. The third kappa shape index (κ3) is 2.26. The molecule has 0 saturated carbocycles. The van der Waals surface area contributed by atoms with E-state index in [1.54, 1.807) is 11.9 Å². The molecule has 0 spiro atoms. The predicted octanol–water partition coefficient (Wildman–Crippen LogP) is 5.50. The van der Waals surface area contributed by atoms with Crippen LogP contribution in [0, 0.1) is 0 Å². The summed E-state index contributed by atoms with van der Waals surface area (Å²) in [6.45, 7) is 2.41. The Morgan fingerprint density at radius 3 is 2.83 bits per heavy atom. The Bertz CT molecular complexity index is 852. The molecule has 23 heavy (non-hydrogen) atoms. The highest BCUT2D eigenvalue weighted by atomic mass is 32.2. The molecule has 0 radical (unpaired) electrons. The van der Waals surface area contributed by atoms with Crippen LogP contribution in [-0.4, -0.2) is 11.2 Å². The van der Waals surface area contributed by atoms with E-state index in [4.69, 9.17) is 0 Å². The maximum atomic E-state index is 3.52. The van der Waals surface area contributed by atoms with Crippen LogP contribution in [0.2, 0.25) is 0 Å². The minimum atomic E-state index is 0.0884. The Kier molecular flexibility index (Phi) is 3.61. The number of rotatable bonds is 3. The first-order valence-electron chi connectivity index (χ1n) is 8.22. The van der Waals surface area contributed by atoms with E-state index in [2.05, 4.69) is 71.5 Å². The van der Waals surface area contributed by atoms with Crippen LogP contribution >= 0.6 is 11.9 Å². The SMILES string of the molecule is CSNc1cccc2c(C3(C)CCCc4ccccc43)c[nH]c12. The van der Waals surface area contributed by atoms with Crippen molar-refractivity contribution in [2.24, 2.45) is 0 Å². The summed E-state index contributed by atoms with van der Waals surface area (Å²) in [4.78, 5) is 3.52. The van der Waals surface area contributed by atoms with Gasteiger partial charge in [-0.25, -0.2) is 0 Å². The Morgan fingerprint density at radius 2 is 1.96 bits per heavy atom. The third-order valence-corrected chi connectivity index (χ3v) is 5.68. The molecule has 4 rings (SSSR count). The lowest BCUT2D eigenvalue weighted by Crippen LogP contribution is -2.28. The first kappa shape index (κ1) is 14.7. The smallest absolute Gasteiger partial charge is 0.0701 e. The van der Waals surface area contributed by atoms with Gasteiger partial charge < -0.3 is 9.71 Å². The average Bonchev–Trinajstić information content (AvgIpc) is 3.01. The van der Waals surface area contributed by atoms with Gasteiger partial charge in [-0.1, -0.05) is 55.3 Å². The molecular weight excluding hydrogens is 300 g/mol. The van der Waals surface area contributed by atoms with Crippen molar-refractivity contribution in [3.05, 3.63) is 65.4 Å². The Morgan fingerprint density at radius 1 is 1.09 bits per heavy atom. The normalized spacial score (nSPS) is 20.4. The van der Waals surface area contributed by atoms with E-state index in [1.807, 2.05) is 0 Å². The van der Waals surface area contributed by atoms with E-state index in [0.717, 1.165) is 5.69 Å². The molecule has 0 fully saturated rings. The molecular formula is C20H22N2S. The van der Waals surface area contributed by atoms with Crippen LogP contribution in [0.5, 0.6) is 0 Å². The molecule has 3 heteroatoms. The number of aromatic amines is 1. The second-order valence-electron chi connectivity index (χ2n) is 6.58. The molecule has 1 heterocycles. The first-order valence-corrected chi connectivity index (χ1v) is 9.44. The summed E-state index contributed by atoms with van der Waals surface area (Å²) in [6.07, 6.45) is 7.94. The number of para-hydroxylation sites is 1. The maximum absolute atomic E-state index is 3.52. The van der Waals surface area contributed by atoms with Crippen molar-refractivity contribution in [2.45, 2.75) is 31.6 Å². The van der Waals surface area contributed by atoms with E-state index in [9.17, 15) is 0 Å². The molecule has 0 bridgehead atoms. The van der Waals surface area contributed by atoms with Crippen LogP contribution in [0.15, 0.2) is 48.7 Å². The fourth-order valence-electron chi connectivity index (χ4n) is 4.13. The van der Waals surface area contributed by atoms with Crippen molar-refractivity contribution < 1.29 is 0 Å². The molecule has 0 amide bonds. The molecule has 3 aromatic rings. The van der Waals surface area contributed by atoms with Gasteiger partial charge in [-0.05, 0) is 42.0 Å². The van der Waals surface area contributed by atoms with Gasteiger partial charge in [0.1, 0.15) is 0 Å². The number of benzene rings is 2. The quantitative estimate of drug-likeness (QED) is 0.623. The van der Waals surface area contributed by atoms with Gasteiger partial charge in [-0.2, -0.15) is 0 Å². The number of hydrogen-bond acceptors (Lipinski definition) is 2. The monoisotopic (exact) mass is 322 g/mol. The number of aryl methyl sites for hydroxylation is 1. The molecule has 1 aromatic heterocycles. The number of fused-ring (bicyclic) bond motifs is 2. The Balaban J connectivity index is 1.92. The van der Waals surface area contributed by atoms with Gasteiger partial charge in [-0.3, -0.25) is 0 Å². The maximum Gasteiger partial charge on any atom is 0.0701 e. The molecule has 2 aromatic carbocycles. The van der Waals surface area contributed by atoms with Gasteiger partial charge >= 0.3 is 0 Å². The predicted molar refractivity (Wildman–Crippen MR) is 101 cm³/mol. The Hall–Kier alpha value is -1.87. The van der Waals surface area contributed by atoms with Crippen molar-refractivity contribution in [1.29, 1.82) is 0 Å². The number of anilines is 1. The molecule has 1 unspecified atom stereocenters. The second kappa shape index (κ2) is 5.64. The Labute approximate surface area is 141 Å². The summed E-state index contributed by atoms with van der Waals surface area (Å²) in [5.74, 6) is 0. The summed E-state index contributed by atoms with van der Waals surface area (Å²) in [5, 5.41) is 1.34. The third-order valence-electron chi connectivity index (χ3n) is 5.26. The zero-order valence-electron chi connectivity index (χ0n) is 13.6. The van der Waals surface area contributed by atoms with Crippen molar-refractivity contribution in [3.8, 4) is 0 Å². The van der Waals surface area contributed by atoms with Crippen LogP contribution < -0.4 is 4.72 Å². The minimum Gasteiger partial charge on any atom is -0.359 e. The van der Waals surface area contributed by atoms with Crippen LogP contribution in [-0.2, 0) is 11.8 Å². The standard InChI is InChI=1S/C20H22N2S/c1-20(12-6-8-14-7-3-4-10-16(14)20)17-13-21-19-15(17)9-5-11-18(19)22-23-2/h3-5,7,9-11,13,21-22H,6,8,12H2,1-2H3. The number of aromatic nitrogens is 1. The van der Waals surface area contributed by atoms with Crippen molar-refractivity contribution >= 4 is 28.5 Å². The van der Waals surface area contributed by atoms with E-state index < -0.39 is 0 Å². The van der Waals surface area contributed by atoms with Gasteiger partial charge in [0.25, 0.3) is 0 Å². The summed E-state index contributed by atoms with van der Waals surface area (Å²) in [6, 6.07) is 15.5. The number of nitrogens with one attached hydrogen (secondary N) is 2. The van der Waals surface area contributed by atoms with Crippen molar-refractivity contribution in [1.82, 2.24) is 4.98 Å². The lowest BCUT2D eigenvalue weighted by Gasteiger charge is -2.36. The van der Waals surface area contributed by atoms with E-state index in [-0.39, 0.29) is 5.41 Å². The summed E-state index contributed by atoms with van der Waals surface area (Å²) in [5.41, 5.74) is 6.88. The van der Waals surface area contributed by atoms with Gasteiger partial charge in [0, 0.05) is 23.3 Å². The largest absolute Gasteiger partial charge is 0.359 e. The number of hydrogen-bond donors (Lipinski definition) is 2. The number of H-pyrrole nitrogens is 1. The first-order chi connectivity index (χ1) is 11.2. The minimum absolute atomic E-state index is 0.0884. The fourth-order valence-corrected chi connectivity index (χ4v) is 4.52. The van der Waals surface area contributed by atoms with E-state index >= 15 is 0 Å². The molecule has 1 aliphatic rings. The molecule has 2 nitrogen and oxygen atoms in total. The topological polar surface area (TPSA) is 27.8 Å². The van der Waals surface area contributed by atoms with Crippen LogP contribution in [0.3, 0.4) is 0 Å².